The summed E-state index contributed by atoms with van der Waals surface area (Å²) >= 11 is 0. The van der Waals surface area contributed by atoms with Crippen LogP contribution in [0, 0.1) is 0 Å². The van der Waals surface area contributed by atoms with Crippen molar-refractivity contribution in [3.8, 4) is 16.9 Å². The number of ether oxygens (including phenoxy) is 1. The summed E-state index contributed by atoms with van der Waals surface area (Å²) in [5.74, 6) is 0.939. The van der Waals surface area contributed by atoms with E-state index in [2.05, 4.69) is 40.3 Å². The van der Waals surface area contributed by atoms with Crippen LogP contribution < -0.4 is 4.74 Å². The van der Waals surface area contributed by atoms with Crippen LogP contribution in [-0.2, 0) is 11.3 Å². The second-order valence-corrected chi connectivity index (χ2v) is 8.65. The summed E-state index contributed by atoms with van der Waals surface area (Å²) < 4.78 is 11.6. The fourth-order valence-electron chi connectivity index (χ4n) is 4.93. The van der Waals surface area contributed by atoms with E-state index in [4.69, 9.17) is 9.15 Å². The van der Waals surface area contributed by atoms with Crippen molar-refractivity contribution in [3.63, 3.8) is 0 Å². The predicted octanol–water partition coefficient (Wildman–Crippen LogP) is 5.57. The Bertz CT molecular complexity index is 1490. The number of benzene rings is 2. The maximum atomic E-state index is 13.0. The topological polar surface area (TPSA) is 68.5 Å². The Hall–Kier alpha value is -4.19. The number of aromatic nitrogens is 2. The molecule has 1 amide bonds. The number of furan rings is 1. The summed E-state index contributed by atoms with van der Waals surface area (Å²) in [6, 6.07) is 18.3. The van der Waals surface area contributed by atoms with Crippen molar-refractivity contribution in [2.24, 2.45) is 0 Å². The largest absolute Gasteiger partial charge is 0.493 e. The van der Waals surface area contributed by atoms with Gasteiger partial charge in [-0.2, -0.15) is 0 Å². The molecule has 6 rings (SSSR count). The third-order valence-electron chi connectivity index (χ3n) is 6.62. The minimum Gasteiger partial charge on any atom is -0.493 e. The average Bonchev–Trinajstić information content (AvgIpc) is 3.45. The summed E-state index contributed by atoms with van der Waals surface area (Å²) in [6.07, 6.45) is 7.59. The first kappa shape index (κ1) is 20.4. The van der Waals surface area contributed by atoms with Gasteiger partial charge in [0.05, 0.1) is 13.3 Å². The molecule has 0 aliphatic carbocycles. The first-order valence-corrected chi connectivity index (χ1v) is 11.3. The first-order valence-electron chi connectivity index (χ1n) is 11.3. The molecule has 4 heterocycles. The number of carbonyl (C=O) groups excluding carboxylic acids is 1. The van der Waals surface area contributed by atoms with Gasteiger partial charge in [0.1, 0.15) is 0 Å². The van der Waals surface area contributed by atoms with Gasteiger partial charge < -0.3 is 14.1 Å². The van der Waals surface area contributed by atoms with Crippen LogP contribution in [0.2, 0.25) is 0 Å². The van der Waals surface area contributed by atoms with Crippen LogP contribution in [0.5, 0.6) is 5.75 Å². The summed E-state index contributed by atoms with van der Waals surface area (Å²) in [6.45, 7) is 1.26. The second kappa shape index (κ2) is 8.30. The van der Waals surface area contributed by atoms with Crippen molar-refractivity contribution in [1.82, 2.24) is 14.9 Å². The molecule has 34 heavy (non-hydrogen) atoms. The molecule has 0 spiro atoms. The van der Waals surface area contributed by atoms with Crippen LogP contribution >= 0.6 is 0 Å². The quantitative estimate of drug-likeness (QED) is 0.351. The second-order valence-electron chi connectivity index (χ2n) is 8.65. The molecule has 1 unspecified atom stereocenters. The molecule has 168 valence electrons. The maximum Gasteiger partial charge on any atom is 0.223 e. The number of carbonyl (C=O) groups is 1. The summed E-state index contributed by atoms with van der Waals surface area (Å²) in [7, 11) is 1.64. The molecule has 0 bridgehead atoms. The van der Waals surface area contributed by atoms with E-state index >= 15 is 0 Å². The van der Waals surface area contributed by atoms with Crippen LogP contribution in [0.1, 0.15) is 23.5 Å². The predicted molar refractivity (Wildman–Crippen MR) is 131 cm³/mol. The Morgan fingerprint density at radius 1 is 1.00 bits per heavy atom. The number of amides is 1. The van der Waals surface area contributed by atoms with Crippen molar-refractivity contribution in [2.75, 3.05) is 13.7 Å². The Balaban J connectivity index is 1.28. The molecule has 2 aromatic carbocycles. The third-order valence-corrected chi connectivity index (χ3v) is 6.62. The van der Waals surface area contributed by atoms with E-state index in [1.807, 2.05) is 35.4 Å². The van der Waals surface area contributed by atoms with Crippen molar-refractivity contribution in [1.29, 1.82) is 0 Å². The average molecular weight is 450 g/mol. The Morgan fingerprint density at radius 2 is 1.85 bits per heavy atom. The number of rotatable bonds is 5. The van der Waals surface area contributed by atoms with Gasteiger partial charge in [0.2, 0.25) is 5.91 Å². The number of hydrogen-bond acceptors (Lipinski definition) is 5. The van der Waals surface area contributed by atoms with Crippen LogP contribution in [0.4, 0.5) is 0 Å². The monoisotopic (exact) mass is 449 g/mol. The van der Waals surface area contributed by atoms with E-state index in [-0.39, 0.29) is 11.8 Å². The lowest BCUT2D eigenvalue weighted by molar-refractivity contribution is -0.128. The number of hydrogen-bond donors (Lipinski definition) is 0. The van der Waals surface area contributed by atoms with E-state index in [9.17, 15) is 4.79 Å². The molecule has 6 nitrogen and oxygen atoms in total. The van der Waals surface area contributed by atoms with Crippen LogP contribution in [0.25, 0.3) is 33.1 Å². The van der Waals surface area contributed by atoms with E-state index in [0.29, 0.717) is 30.8 Å². The SMILES string of the molecule is COc1ccc(C2CC(=O)N(Cc3ccc(-c4cccnc4)cc3)C2)c2c1oc1cnccc12. The van der Waals surface area contributed by atoms with Gasteiger partial charge in [0, 0.05) is 54.8 Å². The maximum absolute atomic E-state index is 13.0. The molecule has 1 saturated heterocycles. The molecule has 0 radical (unpaired) electrons. The molecule has 5 aromatic rings. The van der Waals surface area contributed by atoms with Gasteiger partial charge in [-0.1, -0.05) is 36.4 Å². The van der Waals surface area contributed by atoms with Gasteiger partial charge in [-0.25, -0.2) is 0 Å². The minimum atomic E-state index is 0.0875. The van der Waals surface area contributed by atoms with E-state index in [0.717, 1.165) is 38.6 Å². The molecular weight excluding hydrogens is 426 g/mol. The number of methoxy groups -OCH3 is 1. The highest BCUT2D eigenvalue weighted by atomic mass is 16.5. The highest BCUT2D eigenvalue weighted by Crippen LogP contribution is 2.42. The number of fused-ring (bicyclic) bond motifs is 3. The highest BCUT2D eigenvalue weighted by Gasteiger charge is 2.33. The molecule has 1 aliphatic rings. The van der Waals surface area contributed by atoms with Gasteiger partial charge >= 0.3 is 0 Å². The number of nitrogens with zero attached hydrogens (tertiary/aromatic N) is 3. The zero-order valence-corrected chi connectivity index (χ0v) is 18.8. The molecule has 3 aromatic heterocycles. The zero-order chi connectivity index (χ0) is 23.1. The molecule has 6 heteroatoms. The van der Waals surface area contributed by atoms with Crippen LogP contribution in [0.3, 0.4) is 0 Å². The van der Waals surface area contributed by atoms with Gasteiger partial charge in [-0.3, -0.25) is 14.8 Å². The normalized spacial score (nSPS) is 16.0. The number of pyridine rings is 2. The van der Waals surface area contributed by atoms with Gasteiger partial charge in [0.15, 0.2) is 16.9 Å². The van der Waals surface area contributed by atoms with Gasteiger partial charge in [0.25, 0.3) is 0 Å². The Morgan fingerprint density at radius 3 is 2.65 bits per heavy atom. The number of likely N-dealkylation sites (tertiary alicyclic amines) is 1. The fraction of sp³-hybridized carbons (Fsp3) is 0.179. The summed E-state index contributed by atoms with van der Waals surface area (Å²) in [5, 5.41) is 2.01. The first-order chi connectivity index (χ1) is 16.7. The Labute approximate surface area is 196 Å². The molecule has 0 N–H and O–H groups in total. The van der Waals surface area contributed by atoms with Gasteiger partial charge in [-0.15, -0.1) is 0 Å². The minimum absolute atomic E-state index is 0.0875. The lowest BCUT2D eigenvalue weighted by atomic mass is 9.93. The summed E-state index contributed by atoms with van der Waals surface area (Å²) in [5.41, 5.74) is 5.85. The lowest BCUT2D eigenvalue weighted by Gasteiger charge is -2.18. The van der Waals surface area contributed by atoms with Crippen LogP contribution in [0.15, 0.2) is 83.8 Å². The van der Waals surface area contributed by atoms with E-state index in [1.54, 1.807) is 25.7 Å². The fourth-order valence-corrected chi connectivity index (χ4v) is 4.93. The third kappa shape index (κ3) is 3.48. The molecule has 0 saturated carbocycles. The highest BCUT2D eigenvalue weighted by molar-refractivity contribution is 6.08. The molecule has 1 atom stereocenters. The Kier molecular flexibility index (Phi) is 4.99. The van der Waals surface area contributed by atoms with Gasteiger partial charge in [-0.05, 0) is 40.5 Å². The van der Waals surface area contributed by atoms with Crippen LogP contribution in [-0.4, -0.2) is 34.4 Å². The van der Waals surface area contributed by atoms with E-state index in [1.165, 1.54) is 0 Å². The van der Waals surface area contributed by atoms with Crippen molar-refractivity contribution < 1.29 is 13.9 Å². The van der Waals surface area contributed by atoms with Crippen molar-refractivity contribution in [2.45, 2.75) is 18.9 Å². The smallest absolute Gasteiger partial charge is 0.223 e. The van der Waals surface area contributed by atoms with E-state index < -0.39 is 0 Å². The standard InChI is InChI=1S/C28H23N3O3/c1-33-24-9-8-22(27-23-10-12-30-15-25(23)34-28(24)27)21-13-26(32)31(17-21)16-18-4-6-19(7-5-18)20-3-2-11-29-14-20/h2-12,14-15,21H,13,16-17H2,1H3. The van der Waals surface area contributed by atoms with Crippen molar-refractivity contribution >= 4 is 27.8 Å². The lowest BCUT2D eigenvalue weighted by Crippen LogP contribution is -2.24. The molecule has 1 aliphatic heterocycles. The van der Waals surface area contributed by atoms with Crippen molar-refractivity contribution in [3.05, 3.63) is 90.5 Å². The summed E-state index contributed by atoms with van der Waals surface area (Å²) in [4.78, 5) is 23.3. The molecular formula is C28H23N3O3. The molecule has 1 fully saturated rings. The zero-order valence-electron chi connectivity index (χ0n) is 18.8.